The lowest BCUT2D eigenvalue weighted by Gasteiger charge is -2.39. The summed E-state index contributed by atoms with van der Waals surface area (Å²) in [5.74, 6) is -2.47. The summed E-state index contributed by atoms with van der Waals surface area (Å²) in [5, 5.41) is 42.2. The van der Waals surface area contributed by atoms with E-state index in [0.29, 0.717) is 35.6 Å². The van der Waals surface area contributed by atoms with Crippen molar-refractivity contribution < 1.29 is 34.3 Å². The number of esters is 1. The molecule has 2 amide bonds. The van der Waals surface area contributed by atoms with Crippen molar-refractivity contribution in [3.63, 3.8) is 0 Å². The highest BCUT2D eigenvalue weighted by Gasteiger charge is 2.53. The highest BCUT2D eigenvalue weighted by atomic mass is 16.6. The van der Waals surface area contributed by atoms with Crippen LogP contribution in [0.15, 0.2) is 91.1 Å². The minimum atomic E-state index is -2.10. The zero-order valence-corrected chi connectivity index (χ0v) is 27.5. The smallest absolute Gasteiger partial charge is 0.304 e. The Bertz CT molecular complexity index is 1960. The molecule has 0 spiro atoms. The molecule has 4 atom stereocenters. The summed E-state index contributed by atoms with van der Waals surface area (Å²) in [7, 11) is 0. The first kappa shape index (κ1) is 34.1. The van der Waals surface area contributed by atoms with E-state index in [1.54, 1.807) is 48.1 Å². The van der Waals surface area contributed by atoms with Gasteiger partial charge in [0.15, 0.2) is 11.8 Å². The molecule has 50 heavy (non-hydrogen) atoms. The van der Waals surface area contributed by atoms with E-state index >= 15 is 0 Å². The Balaban J connectivity index is 1.19. The van der Waals surface area contributed by atoms with Crippen molar-refractivity contribution in [2.75, 3.05) is 16.4 Å². The summed E-state index contributed by atoms with van der Waals surface area (Å²) in [4.78, 5) is 51.9. The molecule has 2 N–H and O–H groups in total. The van der Waals surface area contributed by atoms with Gasteiger partial charge < -0.3 is 19.8 Å². The number of benzene rings is 3. The zero-order valence-electron chi connectivity index (χ0n) is 27.5. The monoisotopic (exact) mass is 680 g/mol. The summed E-state index contributed by atoms with van der Waals surface area (Å²) in [5.41, 5.74) is 0.747. The van der Waals surface area contributed by atoms with Crippen LogP contribution in [-0.4, -0.2) is 60.7 Å². The number of hydrogen-bond acceptors (Lipinski definition) is 10. The number of amides is 2. The van der Waals surface area contributed by atoms with Gasteiger partial charge in [0.2, 0.25) is 5.91 Å². The van der Waals surface area contributed by atoms with Gasteiger partial charge in [0, 0.05) is 49.0 Å². The molecule has 1 fully saturated rings. The number of non-ortho nitro benzene ring substituents is 1. The number of aliphatic hydroxyl groups is 2. The van der Waals surface area contributed by atoms with Crippen LogP contribution in [0, 0.1) is 16.0 Å². The second-order valence-electron chi connectivity index (χ2n) is 12.4. The average molecular weight is 681 g/mol. The zero-order chi connectivity index (χ0) is 35.6. The average Bonchev–Trinajstić information content (AvgIpc) is 3.64. The normalized spacial score (nSPS) is 19.7. The van der Waals surface area contributed by atoms with Crippen LogP contribution >= 0.6 is 0 Å². The third kappa shape index (κ3) is 6.50. The molecule has 1 saturated heterocycles. The van der Waals surface area contributed by atoms with Crippen molar-refractivity contribution in [1.29, 1.82) is 0 Å². The highest BCUT2D eigenvalue weighted by molar-refractivity contribution is 6.07. The molecule has 1 aromatic heterocycles. The van der Waals surface area contributed by atoms with E-state index < -0.39 is 34.5 Å². The number of hydrogen-bond donors (Lipinski definition) is 2. The van der Waals surface area contributed by atoms with Crippen LogP contribution in [0.2, 0.25) is 0 Å². The number of nitro benzene ring substituents is 1. The molecule has 14 heteroatoms. The lowest BCUT2D eigenvalue weighted by atomic mass is 9.82. The highest BCUT2D eigenvalue weighted by Crippen LogP contribution is 2.47. The van der Waals surface area contributed by atoms with Gasteiger partial charge in [-0.25, -0.2) is 0 Å². The molecule has 0 radical (unpaired) electrons. The molecule has 2 aliphatic rings. The first-order chi connectivity index (χ1) is 24.0. The third-order valence-electron chi connectivity index (χ3n) is 9.11. The van der Waals surface area contributed by atoms with E-state index in [-0.39, 0.29) is 42.6 Å². The molecule has 0 bridgehead atoms. The fourth-order valence-electron chi connectivity index (χ4n) is 6.46. The van der Waals surface area contributed by atoms with Crippen molar-refractivity contribution in [1.82, 2.24) is 15.0 Å². The van der Waals surface area contributed by atoms with Crippen LogP contribution in [0.3, 0.4) is 0 Å². The summed E-state index contributed by atoms with van der Waals surface area (Å²) in [6, 6.07) is 20.4. The molecule has 14 nitrogen and oxygen atoms in total. The molecule has 2 aliphatic heterocycles. The maximum atomic E-state index is 14.1. The summed E-state index contributed by atoms with van der Waals surface area (Å²) in [6.07, 6.45) is 5.11. The number of fused-ring (bicyclic) bond motifs is 1. The Morgan fingerprint density at radius 3 is 2.62 bits per heavy atom. The van der Waals surface area contributed by atoms with Crippen molar-refractivity contribution in [3.05, 3.63) is 124 Å². The number of rotatable bonds is 13. The van der Waals surface area contributed by atoms with Crippen molar-refractivity contribution >= 4 is 34.8 Å². The summed E-state index contributed by atoms with van der Waals surface area (Å²) >= 11 is 0. The van der Waals surface area contributed by atoms with E-state index in [4.69, 9.17) is 4.74 Å². The van der Waals surface area contributed by atoms with Gasteiger partial charge >= 0.3 is 5.97 Å². The minimum absolute atomic E-state index is 0.00292. The van der Waals surface area contributed by atoms with E-state index in [9.17, 15) is 34.7 Å². The maximum absolute atomic E-state index is 14.1. The predicted molar refractivity (Wildman–Crippen MR) is 181 cm³/mol. The maximum Gasteiger partial charge on any atom is 0.304 e. The number of carbonyl (C=O) groups excluding carboxylic acids is 3. The Labute approximate surface area is 287 Å². The Morgan fingerprint density at radius 1 is 1.14 bits per heavy atom. The number of β-lactam (4-membered cyclic amide) rings is 1. The molecule has 6 rings (SSSR count). The first-order valence-electron chi connectivity index (χ1n) is 16.1. The lowest BCUT2D eigenvalue weighted by molar-refractivity contribution is -0.385. The van der Waals surface area contributed by atoms with Crippen molar-refractivity contribution in [3.8, 4) is 0 Å². The minimum Gasteiger partial charge on any atom is -0.441 e. The Kier molecular flexibility index (Phi) is 9.57. The number of aromatic nitrogens is 3. The topological polar surface area (TPSA) is 181 Å². The van der Waals surface area contributed by atoms with Crippen LogP contribution in [0.25, 0.3) is 0 Å². The van der Waals surface area contributed by atoms with Crippen molar-refractivity contribution in [2.24, 2.45) is 5.92 Å². The van der Waals surface area contributed by atoms with Gasteiger partial charge in [-0.15, -0.1) is 5.10 Å². The fraction of sp³-hybridized carbons (Fsp3) is 0.306. The number of anilines is 2. The summed E-state index contributed by atoms with van der Waals surface area (Å²) < 4.78 is 6.89. The molecular weight excluding hydrogens is 644 g/mol. The number of aliphatic hydroxyl groups excluding tert-OH is 1. The van der Waals surface area contributed by atoms with Crippen LogP contribution < -0.4 is 9.80 Å². The molecule has 258 valence electrons. The number of ether oxygens (including phenoxy) is 1. The lowest BCUT2D eigenvalue weighted by Crippen LogP contribution is -2.54. The van der Waals surface area contributed by atoms with Gasteiger partial charge in [-0.1, -0.05) is 66.8 Å². The second-order valence-corrected chi connectivity index (χ2v) is 12.4. The molecule has 0 saturated carbocycles. The van der Waals surface area contributed by atoms with Gasteiger partial charge in [-0.05, 0) is 35.7 Å². The van der Waals surface area contributed by atoms with Gasteiger partial charge in [-0.3, -0.25) is 34.1 Å². The molecule has 4 aromatic rings. The summed E-state index contributed by atoms with van der Waals surface area (Å²) in [6.45, 7) is 3.26. The van der Waals surface area contributed by atoms with E-state index in [1.807, 2.05) is 36.4 Å². The van der Waals surface area contributed by atoms with Gasteiger partial charge in [0.1, 0.15) is 0 Å². The third-order valence-corrected chi connectivity index (χ3v) is 9.11. The predicted octanol–water partition coefficient (Wildman–Crippen LogP) is 3.95. The SMILES string of the molecule is CC(=O)OC1CC(=O)N1c1cccc(CN2C(=O)[C@@](O)([C@@H](C)/C=C/CCn3cc(C(CO)c4ccccc4)nn3)c3cc([N+](=O)[O-])ccc32)c1. The Hall–Kier alpha value is -5.73. The van der Waals surface area contributed by atoms with Gasteiger partial charge in [-0.2, -0.15) is 0 Å². The number of nitro groups is 1. The van der Waals surface area contributed by atoms with E-state index in [0.717, 1.165) is 5.56 Å². The molecule has 0 aliphatic carbocycles. The van der Waals surface area contributed by atoms with Crippen LogP contribution in [0.1, 0.15) is 55.0 Å². The van der Waals surface area contributed by atoms with E-state index in [1.165, 1.54) is 34.9 Å². The van der Waals surface area contributed by atoms with Gasteiger partial charge in [0.25, 0.3) is 11.6 Å². The van der Waals surface area contributed by atoms with Gasteiger partial charge in [0.05, 0.1) is 41.8 Å². The molecular formula is C36H36N6O8. The molecule has 2 unspecified atom stereocenters. The number of carbonyl (C=O) groups is 3. The molecule has 3 aromatic carbocycles. The second kappa shape index (κ2) is 14.0. The van der Waals surface area contributed by atoms with Crippen LogP contribution in [0.5, 0.6) is 0 Å². The number of aryl methyl sites for hydroxylation is 1. The quantitative estimate of drug-likeness (QED) is 0.0690. The standard InChI is InChI=1S/C36H36N6O8/c1-23(9-6-7-16-39-21-31(37-38-39)29(22-43)26-11-4-3-5-12-26)36(47)30-18-28(42(48)49)14-15-32(30)40(35(36)46)20-25-10-8-13-27(17-25)41-33(45)19-34(41)50-24(2)44/h3-6,8-15,17-18,21,23,29,34,43,47H,7,16,19-20,22H2,1-2H3/b9-6+/t23-,29?,34?,36+/m0/s1. The first-order valence-corrected chi connectivity index (χ1v) is 16.1. The fourth-order valence-corrected chi connectivity index (χ4v) is 6.46. The number of allylic oxidation sites excluding steroid dienone is 1. The number of nitrogens with zero attached hydrogens (tertiary/aromatic N) is 6. The van der Waals surface area contributed by atoms with Crippen molar-refractivity contribution in [2.45, 2.75) is 57.5 Å². The van der Waals surface area contributed by atoms with Crippen LogP contribution in [-0.2, 0) is 37.8 Å². The largest absolute Gasteiger partial charge is 0.441 e. The van der Waals surface area contributed by atoms with E-state index in [2.05, 4.69) is 10.3 Å². The molecule has 3 heterocycles. The Morgan fingerprint density at radius 2 is 1.92 bits per heavy atom. The van der Waals surface area contributed by atoms with Crippen LogP contribution in [0.4, 0.5) is 17.1 Å².